The minimum absolute atomic E-state index is 0.137. The lowest BCUT2D eigenvalue weighted by Crippen LogP contribution is -2.45. The molecule has 2 fully saturated rings. The van der Waals surface area contributed by atoms with Crippen LogP contribution in [0.25, 0.3) is 22.1 Å². The highest BCUT2D eigenvalue weighted by Crippen LogP contribution is 2.34. The molecule has 0 unspecified atom stereocenters. The van der Waals surface area contributed by atoms with E-state index in [0.29, 0.717) is 5.91 Å². The Balaban J connectivity index is 1.32. The summed E-state index contributed by atoms with van der Waals surface area (Å²) in [5.41, 5.74) is 2.45. The SMILES string of the molecule is CC1CCN(C(=O)C2CCN(c3ncnc4c3oc3ccccc34)CC2)CC1. The summed E-state index contributed by atoms with van der Waals surface area (Å²) in [6.45, 7) is 5.77. The smallest absolute Gasteiger partial charge is 0.225 e. The van der Waals surface area contributed by atoms with Gasteiger partial charge in [0.2, 0.25) is 5.91 Å². The molecule has 0 atom stereocenters. The maximum absolute atomic E-state index is 12.9. The quantitative estimate of drug-likeness (QED) is 0.678. The Morgan fingerprint density at radius 2 is 1.79 bits per heavy atom. The number of benzene rings is 1. The molecule has 1 amide bonds. The zero-order valence-electron chi connectivity index (χ0n) is 16.3. The van der Waals surface area contributed by atoms with Gasteiger partial charge in [0, 0.05) is 37.5 Å². The van der Waals surface area contributed by atoms with E-state index in [2.05, 4.69) is 26.7 Å². The second kappa shape index (κ2) is 7.08. The number of carbonyl (C=O) groups is 1. The van der Waals surface area contributed by atoms with Crippen LogP contribution >= 0.6 is 0 Å². The molecule has 0 saturated carbocycles. The largest absolute Gasteiger partial charge is 0.450 e. The van der Waals surface area contributed by atoms with Crippen LogP contribution in [0.15, 0.2) is 35.0 Å². The Kier molecular flexibility index (Phi) is 4.41. The Morgan fingerprint density at radius 3 is 2.57 bits per heavy atom. The summed E-state index contributed by atoms with van der Waals surface area (Å²) in [7, 11) is 0. The molecule has 6 nitrogen and oxygen atoms in total. The van der Waals surface area contributed by atoms with Crippen LogP contribution in [-0.2, 0) is 4.79 Å². The average Bonchev–Trinajstić information content (AvgIpc) is 3.13. The zero-order valence-corrected chi connectivity index (χ0v) is 16.3. The molecule has 146 valence electrons. The Morgan fingerprint density at radius 1 is 1.04 bits per heavy atom. The normalized spacial score (nSPS) is 19.6. The van der Waals surface area contributed by atoms with Crippen molar-refractivity contribution < 1.29 is 9.21 Å². The summed E-state index contributed by atoms with van der Waals surface area (Å²) in [4.78, 5) is 26.2. The first-order valence-electron chi connectivity index (χ1n) is 10.4. The van der Waals surface area contributed by atoms with Gasteiger partial charge in [-0.25, -0.2) is 9.97 Å². The second-order valence-electron chi connectivity index (χ2n) is 8.24. The van der Waals surface area contributed by atoms with Gasteiger partial charge in [-0.2, -0.15) is 0 Å². The molecule has 1 aromatic carbocycles. The predicted molar refractivity (Wildman–Crippen MR) is 109 cm³/mol. The summed E-state index contributed by atoms with van der Waals surface area (Å²) in [6, 6.07) is 7.96. The first-order valence-corrected chi connectivity index (χ1v) is 10.4. The van der Waals surface area contributed by atoms with Gasteiger partial charge in [0.05, 0.1) is 0 Å². The molecule has 0 N–H and O–H groups in total. The molecule has 0 aliphatic carbocycles. The van der Waals surface area contributed by atoms with E-state index >= 15 is 0 Å². The first kappa shape index (κ1) is 17.5. The molecule has 6 heteroatoms. The van der Waals surface area contributed by atoms with E-state index in [1.165, 1.54) is 0 Å². The number of piperidine rings is 2. The van der Waals surface area contributed by atoms with Gasteiger partial charge >= 0.3 is 0 Å². The third kappa shape index (κ3) is 3.01. The number of likely N-dealkylation sites (tertiary alicyclic amines) is 1. The third-order valence-corrected chi connectivity index (χ3v) is 6.38. The molecule has 28 heavy (non-hydrogen) atoms. The molecule has 2 aliphatic rings. The Bertz CT molecular complexity index is 998. The lowest BCUT2D eigenvalue weighted by molar-refractivity contribution is -0.137. The van der Waals surface area contributed by atoms with Crippen LogP contribution in [0, 0.1) is 11.8 Å². The van der Waals surface area contributed by atoms with Crippen molar-refractivity contribution in [3.8, 4) is 0 Å². The van der Waals surface area contributed by atoms with Crippen molar-refractivity contribution in [1.29, 1.82) is 0 Å². The zero-order chi connectivity index (χ0) is 19.1. The fourth-order valence-electron chi connectivity index (χ4n) is 4.56. The Labute approximate surface area is 164 Å². The lowest BCUT2D eigenvalue weighted by atomic mass is 9.92. The van der Waals surface area contributed by atoms with Gasteiger partial charge in [-0.1, -0.05) is 19.1 Å². The van der Waals surface area contributed by atoms with E-state index in [1.54, 1.807) is 6.33 Å². The second-order valence-corrected chi connectivity index (χ2v) is 8.24. The molecular formula is C22H26N4O2. The van der Waals surface area contributed by atoms with Gasteiger partial charge in [0.25, 0.3) is 0 Å². The molecule has 0 bridgehead atoms. The molecule has 4 heterocycles. The van der Waals surface area contributed by atoms with E-state index in [1.807, 2.05) is 24.3 Å². The van der Waals surface area contributed by atoms with Crippen LogP contribution in [-0.4, -0.2) is 47.0 Å². The van der Waals surface area contributed by atoms with Crippen LogP contribution < -0.4 is 4.90 Å². The van der Waals surface area contributed by atoms with Crippen molar-refractivity contribution in [2.75, 3.05) is 31.1 Å². The number of carbonyl (C=O) groups excluding carboxylic acids is 1. The van der Waals surface area contributed by atoms with Gasteiger partial charge in [0.1, 0.15) is 17.4 Å². The van der Waals surface area contributed by atoms with Crippen molar-refractivity contribution in [2.45, 2.75) is 32.6 Å². The van der Waals surface area contributed by atoms with Crippen molar-refractivity contribution in [3.63, 3.8) is 0 Å². The van der Waals surface area contributed by atoms with E-state index in [0.717, 1.165) is 85.7 Å². The van der Waals surface area contributed by atoms with E-state index < -0.39 is 0 Å². The molecule has 5 rings (SSSR count). The molecule has 2 saturated heterocycles. The highest BCUT2D eigenvalue weighted by Gasteiger charge is 2.31. The molecule has 0 radical (unpaired) electrons. The summed E-state index contributed by atoms with van der Waals surface area (Å²) in [6.07, 6.45) is 5.63. The van der Waals surface area contributed by atoms with Crippen LogP contribution in [0.1, 0.15) is 32.6 Å². The number of anilines is 1. The molecule has 2 aliphatic heterocycles. The summed E-state index contributed by atoms with van der Waals surface area (Å²) in [5.74, 6) is 2.08. The third-order valence-electron chi connectivity index (χ3n) is 6.38. The maximum atomic E-state index is 12.9. The number of para-hydroxylation sites is 1. The summed E-state index contributed by atoms with van der Waals surface area (Å²) in [5, 5.41) is 1.02. The van der Waals surface area contributed by atoms with Gasteiger partial charge in [0.15, 0.2) is 11.4 Å². The first-order chi connectivity index (χ1) is 13.7. The van der Waals surface area contributed by atoms with Crippen LogP contribution in [0.2, 0.25) is 0 Å². The van der Waals surface area contributed by atoms with E-state index in [-0.39, 0.29) is 5.92 Å². The fourth-order valence-corrected chi connectivity index (χ4v) is 4.56. The fraction of sp³-hybridized carbons (Fsp3) is 0.500. The van der Waals surface area contributed by atoms with Crippen molar-refractivity contribution >= 4 is 33.8 Å². The van der Waals surface area contributed by atoms with Crippen molar-refractivity contribution in [3.05, 3.63) is 30.6 Å². The average molecular weight is 378 g/mol. The van der Waals surface area contributed by atoms with E-state index in [4.69, 9.17) is 4.42 Å². The van der Waals surface area contributed by atoms with Gasteiger partial charge in [-0.15, -0.1) is 0 Å². The predicted octanol–water partition coefficient (Wildman–Crippen LogP) is 3.85. The molecule has 3 aromatic rings. The number of furan rings is 1. The van der Waals surface area contributed by atoms with E-state index in [9.17, 15) is 4.79 Å². The number of fused-ring (bicyclic) bond motifs is 3. The van der Waals surface area contributed by atoms with Crippen LogP contribution in [0.4, 0.5) is 5.82 Å². The minimum atomic E-state index is 0.137. The summed E-state index contributed by atoms with van der Waals surface area (Å²) >= 11 is 0. The Hall–Kier alpha value is -2.63. The van der Waals surface area contributed by atoms with Crippen LogP contribution in [0.5, 0.6) is 0 Å². The molecule has 0 spiro atoms. The molecule has 2 aromatic heterocycles. The lowest BCUT2D eigenvalue weighted by Gasteiger charge is -2.37. The number of hydrogen-bond acceptors (Lipinski definition) is 5. The highest BCUT2D eigenvalue weighted by atomic mass is 16.3. The highest BCUT2D eigenvalue weighted by molar-refractivity contribution is 6.05. The number of aromatic nitrogens is 2. The van der Waals surface area contributed by atoms with Gasteiger partial charge in [-0.3, -0.25) is 4.79 Å². The topological polar surface area (TPSA) is 62.5 Å². The molecular weight excluding hydrogens is 352 g/mol. The van der Waals surface area contributed by atoms with Crippen molar-refractivity contribution in [2.24, 2.45) is 11.8 Å². The number of rotatable bonds is 2. The van der Waals surface area contributed by atoms with Gasteiger partial charge < -0.3 is 14.2 Å². The number of nitrogens with zero attached hydrogens (tertiary/aromatic N) is 4. The standard InChI is InChI=1S/C22H26N4O2/c1-15-6-10-26(11-7-15)22(27)16-8-12-25(13-9-16)21-20-19(23-14-24-21)17-4-2-3-5-18(17)28-20/h2-5,14-16H,6-13H2,1H3. The minimum Gasteiger partial charge on any atom is -0.450 e. The van der Waals surface area contributed by atoms with Crippen molar-refractivity contribution in [1.82, 2.24) is 14.9 Å². The maximum Gasteiger partial charge on any atom is 0.225 e. The summed E-state index contributed by atoms with van der Waals surface area (Å²) < 4.78 is 6.07. The number of hydrogen-bond donors (Lipinski definition) is 0. The monoisotopic (exact) mass is 378 g/mol. The van der Waals surface area contributed by atoms with Gasteiger partial charge in [-0.05, 0) is 43.7 Å². The van der Waals surface area contributed by atoms with Crippen LogP contribution in [0.3, 0.4) is 0 Å². The number of amides is 1.